The second-order valence-electron chi connectivity index (χ2n) is 6.12. The van der Waals surface area contributed by atoms with Crippen molar-refractivity contribution >= 4 is 34.6 Å². The SMILES string of the molecule is COc1ccc(Cl)cc1Nc1ncnc(N2CCCC(C)C2)c1N. The molecule has 1 saturated heterocycles. The summed E-state index contributed by atoms with van der Waals surface area (Å²) in [6, 6.07) is 5.36. The van der Waals surface area contributed by atoms with Gasteiger partial charge in [-0.05, 0) is 37.0 Å². The number of halogens is 1. The summed E-state index contributed by atoms with van der Waals surface area (Å²) in [6.07, 6.45) is 3.92. The summed E-state index contributed by atoms with van der Waals surface area (Å²) in [5.74, 6) is 2.64. The van der Waals surface area contributed by atoms with Crippen molar-refractivity contribution in [1.29, 1.82) is 0 Å². The average molecular weight is 348 g/mol. The van der Waals surface area contributed by atoms with Crippen molar-refractivity contribution in [1.82, 2.24) is 9.97 Å². The number of anilines is 4. The number of hydrogen-bond acceptors (Lipinski definition) is 6. The van der Waals surface area contributed by atoms with Gasteiger partial charge in [-0.25, -0.2) is 9.97 Å². The van der Waals surface area contributed by atoms with Crippen LogP contribution in [0.4, 0.5) is 23.0 Å². The maximum absolute atomic E-state index is 6.33. The quantitative estimate of drug-likeness (QED) is 0.878. The summed E-state index contributed by atoms with van der Waals surface area (Å²) < 4.78 is 5.36. The van der Waals surface area contributed by atoms with Crippen LogP contribution in [0.2, 0.25) is 5.02 Å². The first-order valence-electron chi connectivity index (χ1n) is 8.04. The molecule has 0 amide bonds. The van der Waals surface area contributed by atoms with E-state index >= 15 is 0 Å². The Morgan fingerprint density at radius 2 is 2.21 bits per heavy atom. The first-order valence-corrected chi connectivity index (χ1v) is 8.42. The zero-order valence-electron chi connectivity index (χ0n) is 13.9. The average Bonchev–Trinajstić information content (AvgIpc) is 2.57. The van der Waals surface area contributed by atoms with E-state index in [2.05, 4.69) is 27.1 Å². The second kappa shape index (κ2) is 7.13. The molecule has 1 aliphatic heterocycles. The molecule has 128 valence electrons. The highest BCUT2D eigenvalue weighted by Gasteiger charge is 2.21. The van der Waals surface area contributed by atoms with Crippen molar-refractivity contribution in [3.05, 3.63) is 29.5 Å². The highest BCUT2D eigenvalue weighted by atomic mass is 35.5. The maximum Gasteiger partial charge on any atom is 0.159 e. The monoisotopic (exact) mass is 347 g/mol. The van der Waals surface area contributed by atoms with E-state index < -0.39 is 0 Å². The topological polar surface area (TPSA) is 76.3 Å². The lowest BCUT2D eigenvalue weighted by atomic mass is 10.0. The number of piperidine rings is 1. The van der Waals surface area contributed by atoms with Crippen molar-refractivity contribution in [3.8, 4) is 5.75 Å². The molecule has 2 heterocycles. The smallest absolute Gasteiger partial charge is 0.159 e. The Kier molecular flexibility index (Phi) is 4.94. The van der Waals surface area contributed by atoms with Gasteiger partial charge in [-0.3, -0.25) is 0 Å². The lowest BCUT2D eigenvalue weighted by Crippen LogP contribution is -2.35. The number of benzene rings is 1. The molecule has 0 radical (unpaired) electrons. The Hall–Kier alpha value is -2.21. The van der Waals surface area contributed by atoms with Crippen LogP contribution in [0, 0.1) is 5.92 Å². The van der Waals surface area contributed by atoms with Gasteiger partial charge in [0.25, 0.3) is 0 Å². The van der Waals surface area contributed by atoms with Gasteiger partial charge in [-0.1, -0.05) is 18.5 Å². The molecule has 0 spiro atoms. The van der Waals surface area contributed by atoms with Gasteiger partial charge < -0.3 is 20.7 Å². The number of methoxy groups -OCH3 is 1. The number of hydrogen-bond donors (Lipinski definition) is 2. The lowest BCUT2D eigenvalue weighted by molar-refractivity contribution is 0.417. The molecule has 24 heavy (non-hydrogen) atoms. The molecule has 7 heteroatoms. The van der Waals surface area contributed by atoms with Crippen LogP contribution >= 0.6 is 11.6 Å². The molecule has 1 atom stereocenters. The van der Waals surface area contributed by atoms with E-state index in [-0.39, 0.29) is 0 Å². The number of aromatic nitrogens is 2. The van der Waals surface area contributed by atoms with E-state index in [1.807, 2.05) is 0 Å². The molecule has 0 saturated carbocycles. The van der Waals surface area contributed by atoms with Crippen LogP contribution in [0.25, 0.3) is 0 Å². The third-order valence-corrected chi connectivity index (χ3v) is 4.47. The number of nitrogens with zero attached hydrogens (tertiary/aromatic N) is 3. The van der Waals surface area contributed by atoms with Gasteiger partial charge in [0.1, 0.15) is 17.8 Å². The minimum Gasteiger partial charge on any atom is -0.495 e. The Morgan fingerprint density at radius 1 is 1.38 bits per heavy atom. The zero-order chi connectivity index (χ0) is 17.1. The van der Waals surface area contributed by atoms with Crippen LogP contribution in [0.5, 0.6) is 5.75 Å². The number of ether oxygens (including phenoxy) is 1. The van der Waals surface area contributed by atoms with Gasteiger partial charge in [0.15, 0.2) is 11.6 Å². The third kappa shape index (κ3) is 3.48. The molecule has 3 N–H and O–H groups in total. The predicted octanol–water partition coefficient (Wildman–Crippen LogP) is 3.70. The highest BCUT2D eigenvalue weighted by Crippen LogP contribution is 2.34. The molecule has 1 unspecified atom stereocenters. The van der Waals surface area contributed by atoms with Crippen LogP contribution in [0.1, 0.15) is 19.8 Å². The van der Waals surface area contributed by atoms with Crippen LogP contribution in [0.15, 0.2) is 24.5 Å². The Bertz CT molecular complexity index is 724. The van der Waals surface area contributed by atoms with E-state index in [0.717, 1.165) is 25.3 Å². The normalized spacial score (nSPS) is 17.6. The van der Waals surface area contributed by atoms with Gasteiger partial charge in [0, 0.05) is 18.1 Å². The molecule has 2 aromatic rings. The zero-order valence-corrected chi connectivity index (χ0v) is 14.7. The number of nitrogen functional groups attached to an aromatic ring is 1. The summed E-state index contributed by atoms with van der Waals surface area (Å²) in [5.41, 5.74) is 7.59. The fraction of sp³-hybridized carbons (Fsp3) is 0.412. The van der Waals surface area contributed by atoms with Gasteiger partial charge in [0.05, 0.1) is 12.8 Å². The van der Waals surface area contributed by atoms with Crippen molar-refractivity contribution in [3.63, 3.8) is 0 Å². The second-order valence-corrected chi connectivity index (χ2v) is 6.56. The first-order chi connectivity index (χ1) is 11.6. The summed E-state index contributed by atoms with van der Waals surface area (Å²) >= 11 is 6.08. The highest BCUT2D eigenvalue weighted by molar-refractivity contribution is 6.31. The molecule has 3 rings (SSSR count). The minimum absolute atomic E-state index is 0.536. The summed E-state index contributed by atoms with van der Waals surface area (Å²) in [6.45, 7) is 4.17. The molecule has 1 fully saturated rings. The number of nitrogens with one attached hydrogen (secondary N) is 1. The Labute approximate surface area is 147 Å². The largest absolute Gasteiger partial charge is 0.495 e. The van der Waals surface area contributed by atoms with Crippen molar-refractivity contribution in [2.24, 2.45) is 5.92 Å². The summed E-state index contributed by atoms with van der Waals surface area (Å²) in [7, 11) is 1.61. The Balaban J connectivity index is 1.90. The molecule has 1 aromatic heterocycles. The van der Waals surface area contributed by atoms with E-state index in [1.54, 1.807) is 25.3 Å². The van der Waals surface area contributed by atoms with Crippen LogP contribution in [-0.4, -0.2) is 30.2 Å². The summed E-state index contributed by atoms with van der Waals surface area (Å²) in [5, 5.41) is 3.82. The molecular weight excluding hydrogens is 326 g/mol. The summed E-state index contributed by atoms with van der Waals surface area (Å²) in [4.78, 5) is 10.9. The first kappa shape index (κ1) is 16.6. The van der Waals surface area contributed by atoms with Crippen LogP contribution in [-0.2, 0) is 0 Å². The van der Waals surface area contributed by atoms with Gasteiger partial charge in [-0.15, -0.1) is 0 Å². The molecule has 1 aliphatic rings. The van der Waals surface area contributed by atoms with E-state index in [9.17, 15) is 0 Å². The van der Waals surface area contributed by atoms with Gasteiger partial charge in [0.2, 0.25) is 0 Å². The van der Waals surface area contributed by atoms with Crippen LogP contribution < -0.4 is 20.7 Å². The fourth-order valence-electron chi connectivity index (χ4n) is 3.03. The standard InChI is InChI=1S/C17H22ClN5O/c1-11-4-3-7-23(9-11)17-15(19)16(20-10-21-17)22-13-8-12(18)5-6-14(13)24-2/h5-6,8,10-11H,3-4,7,9,19H2,1-2H3,(H,20,21,22). The van der Waals surface area contributed by atoms with E-state index in [1.165, 1.54) is 12.7 Å². The van der Waals surface area contributed by atoms with Crippen molar-refractivity contribution in [2.75, 3.05) is 36.1 Å². The predicted molar refractivity (Wildman–Crippen MR) is 98.3 cm³/mol. The van der Waals surface area contributed by atoms with Crippen molar-refractivity contribution in [2.45, 2.75) is 19.8 Å². The molecule has 0 bridgehead atoms. The minimum atomic E-state index is 0.536. The lowest BCUT2D eigenvalue weighted by Gasteiger charge is -2.32. The molecular formula is C17H22ClN5O. The van der Waals surface area contributed by atoms with Gasteiger partial charge in [-0.2, -0.15) is 0 Å². The van der Waals surface area contributed by atoms with Crippen molar-refractivity contribution < 1.29 is 4.74 Å². The number of rotatable bonds is 4. The Morgan fingerprint density at radius 3 is 2.96 bits per heavy atom. The number of nitrogens with two attached hydrogens (primary N) is 1. The molecule has 6 nitrogen and oxygen atoms in total. The van der Waals surface area contributed by atoms with E-state index in [0.29, 0.717) is 33.9 Å². The maximum atomic E-state index is 6.33. The molecule has 1 aromatic carbocycles. The van der Waals surface area contributed by atoms with E-state index in [4.69, 9.17) is 22.1 Å². The van der Waals surface area contributed by atoms with Gasteiger partial charge >= 0.3 is 0 Å². The van der Waals surface area contributed by atoms with Crippen LogP contribution in [0.3, 0.4) is 0 Å². The fourth-order valence-corrected chi connectivity index (χ4v) is 3.20. The third-order valence-electron chi connectivity index (χ3n) is 4.23. The molecule has 0 aliphatic carbocycles.